The largest absolute Gasteiger partial charge is 0.369 e. The third kappa shape index (κ3) is 4.71. The van der Waals surface area contributed by atoms with Crippen LogP contribution in [-0.2, 0) is 4.79 Å². The van der Waals surface area contributed by atoms with Crippen LogP contribution < -0.4 is 5.32 Å². The molecular formula is C23H26N4OS. The van der Waals surface area contributed by atoms with Crippen molar-refractivity contribution in [1.82, 2.24) is 14.9 Å². The van der Waals surface area contributed by atoms with Gasteiger partial charge in [-0.15, -0.1) is 24.5 Å². The van der Waals surface area contributed by atoms with E-state index in [1.54, 1.807) is 34.7 Å². The smallest absolute Gasteiger partial charge is 0.224 e. The molecular weight excluding hydrogens is 380 g/mol. The van der Waals surface area contributed by atoms with E-state index in [2.05, 4.69) is 66.6 Å². The average Bonchev–Trinajstić information content (AvgIpc) is 3.05. The fourth-order valence-corrected chi connectivity index (χ4v) is 4.29. The van der Waals surface area contributed by atoms with Gasteiger partial charge in [-0.25, -0.2) is 9.97 Å². The van der Waals surface area contributed by atoms with Gasteiger partial charge < -0.3 is 10.2 Å². The minimum Gasteiger partial charge on any atom is -0.369 e. The van der Waals surface area contributed by atoms with Gasteiger partial charge in [0.25, 0.3) is 0 Å². The number of rotatable bonds is 9. The van der Waals surface area contributed by atoms with Gasteiger partial charge in [0.2, 0.25) is 5.91 Å². The Labute approximate surface area is 175 Å². The standard InChI is InChI=1S/C23H26N4OS/c1-5-13-27(14-6-2)19(28)11-12-24-22-21-20(18-9-7-16(3)8-10-18)17(4)29-23(21)26-15-25-22/h5-10,15H,1-2,11-14H2,3-4H3,(H,24,25,26). The Balaban J connectivity index is 1.83. The van der Waals surface area contributed by atoms with Crippen LogP contribution in [0.1, 0.15) is 16.9 Å². The molecule has 6 heteroatoms. The normalized spacial score (nSPS) is 10.7. The molecule has 0 bridgehead atoms. The maximum absolute atomic E-state index is 12.5. The number of carbonyl (C=O) groups is 1. The Morgan fingerprint density at radius 2 is 1.83 bits per heavy atom. The van der Waals surface area contributed by atoms with E-state index in [-0.39, 0.29) is 5.91 Å². The Hall–Kier alpha value is -2.99. The Morgan fingerprint density at radius 3 is 2.48 bits per heavy atom. The molecule has 1 N–H and O–H groups in total. The highest BCUT2D eigenvalue weighted by atomic mass is 32.1. The zero-order chi connectivity index (χ0) is 20.8. The summed E-state index contributed by atoms with van der Waals surface area (Å²) in [4.78, 5) is 25.3. The van der Waals surface area contributed by atoms with Crippen LogP contribution in [0.5, 0.6) is 0 Å². The zero-order valence-electron chi connectivity index (χ0n) is 16.9. The molecule has 3 rings (SSSR count). The molecule has 2 heterocycles. The van der Waals surface area contributed by atoms with E-state index in [0.29, 0.717) is 26.1 Å². The van der Waals surface area contributed by atoms with Crippen LogP contribution in [-0.4, -0.2) is 40.4 Å². The van der Waals surface area contributed by atoms with Gasteiger partial charge >= 0.3 is 0 Å². The van der Waals surface area contributed by atoms with Crippen molar-refractivity contribution in [3.63, 3.8) is 0 Å². The minimum atomic E-state index is 0.0582. The van der Waals surface area contributed by atoms with Crippen molar-refractivity contribution in [1.29, 1.82) is 0 Å². The van der Waals surface area contributed by atoms with E-state index in [1.807, 2.05) is 0 Å². The van der Waals surface area contributed by atoms with Gasteiger partial charge in [-0.05, 0) is 19.4 Å². The van der Waals surface area contributed by atoms with Gasteiger partial charge in [-0.3, -0.25) is 4.79 Å². The molecule has 1 amide bonds. The topological polar surface area (TPSA) is 58.1 Å². The maximum Gasteiger partial charge on any atom is 0.224 e. The van der Waals surface area contributed by atoms with Crippen molar-refractivity contribution >= 4 is 33.3 Å². The molecule has 0 fully saturated rings. The molecule has 0 atom stereocenters. The first-order chi connectivity index (χ1) is 14.0. The summed E-state index contributed by atoms with van der Waals surface area (Å²) in [6, 6.07) is 8.49. The number of hydrogen-bond donors (Lipinski definition) is 1. The predicted octanol–water partition coefficient (Wildman–Crippen LogP) is 4.98. The second kappa shape index (κ2) is 9.47. The summed E-state index contributed by atoms with van der Waals surface area (Å²) in [6.45, 7) is 13.2. The van der Waals surface area contributed by atoms with Crippen molar-refractivity contribution in [2.45, 2.75) is 20.3 Å². The van der Waals surface area contributed by atoms with Crippen LogP contribution in [0.4, 0.5) is 5.82 Å². The summed E-state index contributed by atoms with van der Waals surface area (Å²) in [6.07, 6.45) is 5.40. The molecule has 3 aromatic rings. The molecule has 0 aliphatic rings. The van der Waals surface area contributed by atoms with Crippen LogP contribution in [0.25, 0.3) is 21.3 Å². The second-order valence-corrected chi connectivity index (χ2v) is 8.06. The fraction of sp³-hybridized carbons (Fsp3) is 0.261. The molecule has 150 valence electrons. The zero-order valence-corrected chi connectivity index (χ0v) is 17.8. The monoisotopic (exact) mass is 406 g/mol. The summed E-state index contributed by atoms with van der Waals surface area (Å²) in [5.41, 5.74) is 3.53. The van der Waals surface area contributed by atoms with Crippen molar-refractivity contribution in [2.24, 2.45) is 0 Å². The highest BCUT2D eigenvalue weighted by molar-refractivity contribution is 7.19. The number of amides is 1. The molecule has 0 aliphatic heterocycles. The number of fused-ring (bicyclic) bond motifs is 1. The third-order valence-corrected chi connectivity index (χ3v) is 5.70. The molecule has 0 saturated carbocycles. The molecule has 5 nitrogen and oxygen atoms in total. The molecule has 0 spiro atoms. The van der Waals surface area contributed by atoms with Crippen molar-refractivity contribution in [2.75, 3.05) is 25.0 Å². The van der Waals surface area contributed by atoms with Gasteiger partial charge in [0.05, 0.1) is 5.39 Å². The number of nitrogens with one attached hydrogen (secondary N) is 1. The molecule has 1 aromatic carbocycles. The summed E-state index contributed by atoms with van der Waals surface area (Å²) in [7, 11) is 0. The summed E-state index contributed by atoms with van der Waals surface area (Å²) >= 11 is 1.66. The van der Waals surface area contributed by atoms with Gasteiger partial charge in [0.1, 0.15) is 17.0 Å². The predicted molar refractivity (Wildman–Crippen MR) is 122 cm³/mol. The molecule has 2 aromatic heterocycles. The number of hydrogen-bond acceptors (Lipinski definition) is 5. The van der Waals surface area contributed by atoms with Crippen molar-refractivity contribution in [3.05, 3.63) is 66.3 Å². The second-order valence-electron chi connectivity index (χ2n) is 6.85. The van der Waals surface area contributed by atoms with Crippen molar-refractivity contribution in [3.8, 4) is 11.1 Å². The summed E-state index contributed by atoms with van der Waals surface area (Å²) in [5, 5.41) is 4.36. The highest BCUT2D eigenvalue weighted by Gasteiger charge is 2.17. The van der Waals surface area contributed by atoms with E-state index in [0.717, 1.165) is 27.2 Å². The van der Waals surface area contributed by atoms with E-state index >= 15 is 0 Å². The Bertz CT molecular complexity index is 1010. The highest BCUT2D eigenvalue weighted by Crippen LogP contribution is 2.40. The lowest BCUT2D eigenvalue weighted by Crippen LogP contribution is -2.32. The number of nitrogens with zero attached hydrogens (tertiary/aromatic N) is 3. The first-order valence-electron chi connectivity index (χ1n) is 9.59. The van der Waals surface area contributed by atoms with Gasteiger partial charge in [-0.1, -0.05) is 42.0 Å². The molecule has 0 aliphatic carbocycles. The van der Waals surface area contributed by atoms with Crippen molar-refractivity contribution < 1.29 is 4.79 Å². The van der Waals surface area contributed by atoms with Crippen LogP contribution in [0.2, 0.25) is 0 Å². The molecule has 0 radical (unpaired) electrons. The van der Waals surface area contributed by atoms with E-state index in [1.165, 1.54) is 10.4 Å². The van der Waals surface area contributed by atoms with Crippen LogP contribution in [0.15, 0.2) is 55.9 Å². The Morgan fingerprint density at radius 1 is 1.14 bits per heavy atom. The molecule has 29 heavy (non-hydrogen) atoms. The van der Waals surface area contributed by atoms with E-state index < -0.39 is 0 Å². The first-order valence-corrected chi connectivity index (χ1v) is 10.4. The molecule has 0 saturated heterocycles. The Kier molecular flexibility index (Phi) is 6.77. The lowest BCUT2D eigenvalue weighted by Gasteiger charge is -2.19. The first kappa shape index (κ1) is 20.7. The number of thiophene rings is 1. The summed E-state index contributed by atoms with van der Waals surface area (Å²) < 4.78 is 0. The van der Waals surface area contributed by atoms with Crippen LogP contribution in [0.3, 0.4) is 0 Å². The average molecular weight is 407 g/mol. The number of carbonyl (C=O) groups excluding carboxylic acids is 1. The van der Waals surface area contributed by atoms with E-state index in [9.17, 15) is 4.79 Å². The lowest BCUT2D eigenvalue weighted by atomic mass is 10.0. The number of benzene rings is 1. The summed E-state index contributed by atoms with van der Waals surface area (Å²) in [5.74, 6) is 0.824. The minimum absolute atomic E-state index is 0.0582. The SMILES string of the molecule is C=CCN(CC=C)C(=O)CCNc1ncnc2sc(C)c(-c3ccc(C)cc3)c12. The number of aryl methyl sites for hydroxylation is 2. The number of anilines is 1. The van der Waals surface area contributed by atoms with Gasteiger partial charge in [0, 0.05) is 36.5 Å². The maximum atomic E-state index is 12.5. The molecule has 0 unspecified atom stereocenters. The number of aromatic nitrogens is 2. The quantitative estimate of drug-likeness (QED) is 0.509. The van der Waals surface area contributed by atoms with E-state index in [4.69, 9.17) is 0 Å². The van der Waals surface area contributed by atoms with Crippen LogP contribution >= 0.6 is 11.3 Å². The van der Waals surface area contributed by atoms with Crippen LogP contribution in [0, 0.1) is 13.8 Å². The van der Waals surface area contributed by atoms with Gasteiger partial charge in [0.15, 0.2) is 0 Å². The lowest BCUT2D eigenvalue weighted by molar-refractivity contribution is -0.129. The third-order valence-electron chi connectivity index (χ3n) is 4.69. The van der Waals surface area contributed by atoms with Gasteiger partial charge in [-0.2, -0.15) is 0 Å². The fourth-order valence-electron chi connectivity index (χ4n) is 3.28.